The van der Waals surface area contributed by atoms with E-state index in [1.54, 1.807) is 24.1 Å². The SMILES string of the molecule is C[C@@H]1CCC[C@H](n2cnc(-c3cc(Cl)ccc3-n3cc(C(F)(F)F)nn3)cc2=O)c2ccnc(c2)-c2c(cnn2C)NC1=O.O=C(O)C(F)(F)F. The number of carboxylic acid groups (broad SMARTS) is 1. The minimum Gasteiger partial charge on any atom is -0.475 e. The Balaban J connectivity index is 0.000000654. The molecule has 6 rings (SSSR count). The molecule has 0 fully saturated rings. The lowest BCUT2D eigenvalue weighted by molar-refractivity contribution is -0.192. The molecule has 0 radical (unpaired) electrons. The third-order valence-corrected chi connectivity index (χ3v) is 8.08. The minimum absolute atomic E-state index is 0.136. The van der Waals surface area contributed by atoms with Gasteiger partial charge in [0, 0.05) is 35.8 Å². The first-order chi connectivity index (χ1) is 23.9. The molecule has 20 heteroatoms. The summed E-state index contributed by atoms with van der Waals surface area (Å²) in [6.07, 6.45) is -2.62. The number of pyridine rings is 1. The van der Waals surface area contributed by atoms with Crippen molar-refractivity contribution in [2.75, 3.05) is 5.32 Å². The van der Waals surface area contributed by atoms with Gasteiger partial charge < -0.3 is 10.4 Å². The molecule has 0 spiro atoms. The topological polar surface area (TPSA) is 163 Å². The Morgan fingerprint density at radius 2 is 1.75 bits per heavy atom. The molecule has 2 atom stereocenters. The number of carbonyl (C=O) groups is 2. The summed E-state index contributed by atoms with van der Waals surface area (Å²) in [6, 6.07) is 9.04. The number of aliphatic carboxylic acids is 1. The Bertz CT molecular complexity index is 2140. The zero-order valence-electron chi connectivity index (χ0n) is 26.4. The standard InChI is InChI=1S/C29H25ClF3N9O2.C2HF3O2/c1-16-4-3-5-23(17-8-9-34-21(10-17)27-22(37-28(16)44)13-36-40(27)2)41-15-35-20(12-26(41)43)19-11-18(30)6-7-24(19)42-14-25(38-39-42)29(31,32)33;3-2(4,5)1(6)7/h6-16,23H,3-5H2,1-2H3,(H,37,44);(H,6,7)/t16-,23+;/m1./s1. The molecular formula is C31H26ClF6N9O4. The van der Waals surface area contributed by atoms with Gasteiger partial charge in [-0.15, -0.1) is 5.10 Å². The highest BCUT2D eigenvalue weighted by atomic mass is 35.5. The van der Waals surface area contributed by atoms with E-state index >= 15 is 0 Å². The van der Waals surface area contributed by atoms with Gasteiger partial charge in [-0.2, -0.15) is 31.4 Å². The van der Waals surface area contributed by atoms with Crippen LogP contribution in [0.1, 0.15) is 43.5 Å². The summed E-state index contributed by atoms with van der Waals surface area (Å²) < 4.78 is 75.4. The van der Waals surface area contributed by atoms with Gasteiger partial charge in [-0.25, -0.2) is 14.5 Å². The normalized spacial score (nSPS) is 16.5. The van der Waals surface area contributed by atoms with E-state index in [4.69, 9.17) is 21.5 Å². The minimum atomic E-state index is -5.08. The zero-order chi connectivity index (χ0) is 37.2. The van der Waals surface area contributed by atoms with Gasteiger partial charge in [0.05, 0.1) is 47.5 Å². The van der Waals surface area contributed by atoms with Crippen molar-refractivity contribution in [3.8, 4) is 28.3 Å². The van der Waals surface area contributed by atoms with Crippen LogP contribution in [0, 0.1) is 5.92 Å². The van der Waals surface area contributed by atoms with Crippen molar-refractivity contribution in [1.82, 2.24) is 39.3 Å². The summed E-state index contributed by atoms with van der Waals surface area (Å²) in [4.78, 5) is 44.5. The lowest BCUT2D eigenvalue weighted by atomic mass is 9.95. The number of aryl methyl sites for hydroxylation is 1. The van der Waals surface area contributed by atoms with Gasteiger partial charge >= 0.3 is 18.3 Å². The van der Waals surface area contributed by atoms with Crippen LogP contribution < -0.4 is 10.9 Å². The summed E-state index contributed by atoms with van der Waals surface area (Å²) in [5.41, 5.74) is 1.71. The second-order valence-electron chi connectivity index (χ2n) is 11.4. The van der Waals surface area contributed by atoms with Crippen LogP contribution in [0.25, 0.3) is 28.3 Å². The lowest BCUT2D eigenvalue weighted by Gasteiger charge is -2.23. The largest absolute Gasteiger partial charge is 0.490 e. The fourth-order valence-corrected chi connectivity index (χ4v) is 5.48. The zero-order valence-corrected chi connectivity index (χ0v) is 27.2. The molecule has 4 aromatic heterocycles. The van der Waals surface area contributed by atoms with Crippen LogP contribution in [-0.2, 0) is 22.8 Å². The fourth-order valence-electron chi connectivity index (χ4n) is 5.30. The fraction of sp³-hybridized carbons (Fsp3) is 0.290. The van der Waals surface area contributed by atoms with Crippen LogP contribution in [0.15, 0.2) is 66.1 Å². The van der Waals surface area contributed by atoms with Crippen molar-refractivity contribution in [3.63, 3.8) is 0 Å². The smallest absolute Gasteiger partial charge is 0.475 e. The van der Waals surface area contributed by atoms with Gasteiger partial charge in [-0.3, -0.25) is 23.8 Å². The number of carbonyl (C=O) groups excluding carboxylic acids is 1. The molecule has 2 bridgehead atoms. The van der Waals surface area contributed by atoms with Gasteiger partial charge in [0.25, 0.3) is 5.56 Å². The highest BCUT2D eigenvalue weighted by Crippen LogP contribution is 2.34. The van der Waals surface area contributed by atoms with Gasteiger partial charge in [-0.1, -0.05) is 30.2 Å². The quantitative estimate of drug-likeness (QED) is 0.214. The number of nitrogens with zero attached hydrogens (tertiary/aromatic N) is 8. The van der Waals surface area contributed by atoms with E-state index in [9.17, 15) is 35.9 Å². The van der Waals surface area contributed by atoms with Crippen LogP contribution in [0.3, 0.4) is 0 Å². The number of rotatable bonds is 3. The highest BCUT2D eigenvalue weighted by Gasteiger charge is 2.38. The van der Waals surface area contributed by atoms with Gasteiger partial charge in [0.1, 0.15) is 5.69 Å². The number of benzene rings is 1. The van der Waals surface area contributed by atoms with Gasteiger partial charge in [0.15, 0.2) is 5.69 Å². The predicted molar refractivity (Wildman–Crippen MR) is 169 cm³/mol. The van der Waals surface area contributed by atoms with Crippen LogP contribution in [0.2, 0.25) is 5.02 Å². The number of anilines is 1. The Labute approximate surface area is 288 Å². The highest BCUT2D eigenvalue weighted by molar-refractivity contribution is 6.31. The third kappa shape index (κ3) is 8.25. The van der Waals surface area contributed by atoms with Crippen LogP contribution >= 0.6 is 11.6 Å². The van der Waals surface area contributed by atoms with E-state index in [1.165, 1.54) is 35.2 Å². The number of fused-ring (bicyclic) bond motifs is 4. The molecule has 0 unspecified atom stereocenters. The summed E-state index contributed by atoms with van der Waals surface area (Å²) in [5, 5.41) is 21.5. The second-order valence-corrected chi connectivity index (χ2v) is 11.8. The monoisotopic (exact) mass is 737 g/mol. The maximum atomic E-state index is 13.7. The Morgan fingerprint density at radius 3 is 2.39 bits per heavy atom. The van der Waals surface area contributed by atoms with Crippen LogP contribution in [0.5, 0.6) is 0 Å². The molecular weight excluding hydrogens is 712 g/mol. The Kier molecular flexibility index (Phi) is 10.3. The lowest BCUT2D eigenvalue weighted by Crippen LogP contribution is -2.26. The molecule has 1 aliphatic rings. The molecule has 0 saturated heterocycles. The van der Waals surface area contributed by atoms with Crippen molar-refractivity contribution < 1.29 is 41.0 Å². The number of amides is 1. The number of carboxylic acids is 1. The first-order valence-electron chi connectivity index (χ1n) is 14.9. The molecule has 5 aromatic rings. The van der Waals surface area contributed by atoms with Crippen molar-refractivity contribution in [3.05, 3.63) is 87.9 Å². The molecule has 0 saturated carbocycles. The number of nitrogens with one attached hydrogen (secondary N) is 1. The van der Waals surface area contributed by atoms with E-state index in [0.29, 0.717) is 46.9 Å². The van der Waals surface area contributed by atoms with E-state index in [0.717, 1.165) is 16.4 Å². The average Bonchev–Trinajstić information content (AvgIpc) is 3.70. The number of hydrogen-bond donors (Lipinski definition) is 2. The van der Waals surface area contributed by atoms with E-state index in [2.05, 4.69) is 30.7 Å². The van der Waals surface area contributed by atoms with Gasteiger partial charge in [0.2, 0.25) is 5.91 Å². The van der Waals surface area contributed by atoms with E-state index in [1.807, 2.05) is 19.1 Å². The molecule has 1 aromatic carbocycles. The average molecular weight is 738 g/mol. The number of hydrogen-bond acceptors (Lipinski definition) is 8. The summed E-state index contributed by atoms with van der Waals surface area (Å²) >= 11 is 6.23. The van der Waals surface area contributed by atoms with E-state index in [-0.39, 0.29) is 23.2 Å². The Hall–Kier alpha value is -5.59. The Morgan fingerprint density at radius 1 is 1.02 bits per heavy atom. The summed E-state index contributed by atoms with van der Waals surface area (Å²) in [6.45, 7) is 1.85. The number of halogens is 7. The first-order valence-corrected chi connectivity index (χ1v) is 15.3. The third-order valence-electron chi connectivity index (χ3n) is 7.85. The molecule has 1 aliphatic heterocycles. The molecule has 13 nitrogen and oxygen atoms in total. The number of aromatic nitrogens is 8. The maximum absolute atomic E-state index is 13.7. The maximum Gasteiger partial charge on any atom is 0.490 e. The van der Waals surface area contributed by atoms with Crippen molar-refractivity contribution >= 4 is 29.2 Å². The van der Waals surface area contributed by atoms with Crippen molar-refractivity contribution in [1.29, 1.82) is 0 Å². The van der Waals surface area contributed by atoms with Crippen molar-refractivity contribution in [2.24, 2.45) is 13.0 Å². The van der Waals surface area contributed by atoms with E-state index < -0.39 is 35.6 Å². The molecule has 5 heterocycles. The second kappa shape index (κ2) is 14.3. The van der Waals surface area contributed by atoms with Crippen LogP contribution in [0.4, 0.5) is 32.0 Å². The predicted octanol–water partition coefficient (Wildman–Crippen LogP) is 5.94. The van der Waals surface area contributed by atoms with Crippen molar-refractivity contribution in [2.45, 2.75) is 44.6 Å². The van der Waals surface area contributed by atoms with Crippen LogP contribution in [-0.4, -0.2) is 62.5 Å². The molecule has 1 amide bonds. The molecule has 0 aliphatic carbocycles. The molecule has 2 N–H and O–H groups in total. The van der Waals surface area contributed by atoms with Gasteiger partial charge in [-0.05, 0) is 48.7 Å². The first kappa shape index (κ1) is 36.7. The number of alkyl halides is 6. The molecule has 51 heavy (non-hydrogen) atoms. The summed E-state index contributed by atoms with van der Waals surface area (Å²) in [7, 11) is 1.76. The molecule has 268 valence electrons. The summed E-state index contributed by atoms with van der Waals surface area (Å²) in [5.74, 6) is -3.18.